The largest absolute Gasteiger partial charge is 0.311 e. The van der Waals surface area contributed by atoms with Gasteiger partial charge in [-0.3, -0.25) is 4.79 Å². The van der Waals surface area contributed by atoms with Crippen molar-refractivity contribution in [1.29, 1.82) is 0 Å². The SMILES string of the molecule is CC.CCC(=O)C(CC(C)(C)CC(C)C)NC. The van der Waals surface area contributed by atoms with Crippen LogP contribution in [0.1, 0.15) is 67.7 Å². The van der Waals surface area contributed by atoms with Gasteiger partial charge in [0.1, 0.15) is 5.78 Å². The molecule has 0 aliphatic heterocycles. The number of hydrogen-bond acceptors (Lipinski definition) is 2. The van der Waals surface area contributed by atoms with Crippen LogP contribution >= 0.6 is 0 Å². The molecule has 0 radical (unpaired) electrons. The topological polar surface area (TPSA) is 29.1 Å². The molecule has 0 aromatic carbocycles. The number of rotatable bonds is 7. The van der Waals surface area contributed by atoms with Crippen LogP contribution in [-0.4, -0.2) is 18.9 Å². The van der Waals surface area contributed by atoms with E-state index in [1.54, 1.807) is 0 Å². The minimum atomic E-state index is 0.0312. The van der Waals surface area contributed by atoms with Crippen molar-refractivity contribution < 1.29 is 4.79 Å². The molecule has 0 bridgehead atoms. The molecule has 0 aliphatic rings. The lowest BCUT2D eigenvalue weighted by molar-refractivity contribution is -0.121. The molecule has 0 rings (SSSR count). The summed E-state index contributed by atoms with van der Waals surface area (Å²) in [6, 6.07) is 0.0312. The zero-order valence-corrected chi connectivity index (χ0v) is 13.2. The molecule has 0 amide bonds. The van der Waals surface area contributed by atoms with Gasteiger partial charge in [0.2, 0.25) is 0 Å². The van der Waals surface area contributed by atoms with Gasteiger partial charge in [-0.2, -0.15) is 0 Å². The quantitative estimate of drug-likeness (QED) is 0.731. The Labute approximate surface area is 109 Å². The lowest BCUT2D eigenvalue weighted by Gasteiger charge is -2.30. The minimum Gasteiger partial charge on any atom is -0.311 e. The summed E-state index contributed by atoms with van der Waals surface area (Å²) in [6.07, 6.45) is 2.74. The maximum Gasteiger partial charge on any atom is 0.149 e. The van der Waals surface area contributed by atoms with Crippen molar-refractivity contribution in [2.45, 2.75) is 73.8 Å². The fraction of sp³-hybridized carbons (Fsp3) is 0.933. The number of carbonyl (C=O) groups is 1. The molecule has 1 atom stereocenters. The summed E-state index contributed by atoms with van der Waals surface area (Å²) < 4.78 is 0. The lowest BCUT2D eigenvalue weighted by atomic mass is 9.78. The average molecular weight is 243 g/mol. The maximum absolute atomic E-state index is 11.6. The van der Waals surface area contributed by atoms with Crippen molar-refractivity contribution in [3.05, 3.63) is 0 Å². The molecule has 0 aromatic rings. The highest BCUT2D eigenvalue weighted by molar-refractivity contribution is 5.83. The van der Waals surface area contributed by atoms with E-state index in [9.17, 15) is 4.79 Å². The molecule has 17 heavy (non-hydrogen) atoms. The second-order valence-electron chi connectivity index (χ2n) is 5.63. The number of hydrogen-bond donors (Lipinski definition) is 1. The monoisotopic (exact) mass is 243 g/mol. The second kappa shape index (κ2) is 9.64. The van der Waals surface area contributed by atoms with Crippen molar-refractivity contribution in [3.63, 3.8) is 0 Å². The first-order chi connectivity index (χ1) is 7.82. The normalized spacial score (nSPS) is 13.0. The Bertz CT molecular complexity index is 197. The summed E-state index contributed by atoms with van der Waals surface area (Å²) in [4.78, 5) is 11.6. The maximum atomic E-state index is 11.6. The molecule has 0 spiro atoms. The molecule has 1 N–H and O–H groups in total. The number of likely N-dealkylation sites (N-methyl/N-ethyl adjacent to an activating group) is 1. The minimum absolute atomic E-state index is 0.0312. The second-order valence-corrected chi connectivity index (χ2v) is 5.63. The Kier molecular flexibility index (Phi) is 10.8. The van der Waals surface area contributed by atoms with E-state index in [0.717, 1.165) is 6.42 Å². The summed E-state index contributed by atoms with van der Waals surface area (Å²) in [5.74, 6) is 1.02. The smallest absolute Gasteiger partial charge is 0.149 e. The summed E-state index contributed by atoms with van der Waals surface area (Å²) in [6.45, 7) is 14.9. The Morgan fingerprint density at radius 2 is 1.65 bits per heavy atom. The van der Waals surface area contributed by atoms with E-state index in [-0.39, 0.29) is 11.5 Å². The van der Waals surface area contributed by atoms with Crippen LogP contribution in [0.2, 0.25) is 0 Å². The summed E-state index contributed by atoms with van der Waals surface area (Å²) >= 11 is 0. The molecule has 2 nitrogen and oxygen atoms in total. The summed E-state index contributed by atoms with van der Waals surface area (Å²) in [5.41, 5.74) is 0.243. The van der Waals surface area contributed by atoms with Gasteiger partial charge in [0.15, 0.2) is 0 Å². The first kappa shape index (κ1) is 19.0. The highest BCUT2D eigenvalue weighted by Gasteiger charge is 2.26. The molecule has 0 saturated heterocycles. The van der Waals surface area contributed by atoms with Gasteiger partial charge in [-0.05, 0) is 31.2 Å². The van der Waals surface area contributed by atoms with Crippen molar-refractivity contribution in [1.82, 2.24) is 5.32 Å². The van der Waals surface area contributed by atoms with Crippen LogP contribution in [0.15, 0.2) is 0 Å². The van der Waals surface area contributed by atoms with Gasteiger partial charge in [-0.25, -0.2) is 0 Å². The summed E-state index contributed by atoms with van der Waals surface area (Å²) in [5, 5.41) is 3.13. The van der Waals surface area contributed by atoms with Crippen LogP contribution in [-0.2, 0) is 4.79 Å². The van der Waals surface area contributed by atoms with E-state index in [1.807, 2.05) is 27.8 Å². The highest BCUT2D eigenvalue weighted by Crippen LogP contribution is 2.30. The molecule has 0 saturated carbocycles. The third-order valence-corrected chi connectivity index (χ3v) is 2.80. The van der Waals surface area contributed by atoms with Crippen LogP contribution in [0.4, 0.5) is 0 Å². The molecule has 0 heterocycles. The predicted molar refractivity (Wildman–Crippen MR) is 77.3 cm³/mol. The molecular formula is C15H33NO. The molecule has 0 fully saturated rings. The van der Waals surface area contributed by atoms with Gasteiger partial charge in [0, 0.05) is 6.42 Å². The van der Waals surface area contributed by atoms with Crippen molar-refractivity contribution in [2.75, 3.05) is 7.05 Å². The van der Waals surface area contributed by atoms with E-state index in [0.29, 0.717) is 18.1 Å². The standard InChI is InChI=1S/C13H27NO.C2H6/c1-7-12(15)11(14-6)9-13(4,5)8-10(2)3;1-2/h10-11,14H,7-9H2,1-6H3;1-2H3. The number of carbonyl (C=O) groups excluding carboxylic acids is 1. The lowest BCUT2D eigenvalue weighted by Crippen LogP contribution is -2.38. The Balaban J connectivity index is 0. The fourth-order valence-corrected chi connectivity index (χ4v) is 2.36. The van der Waals surface area contributed by atoms with Gasteiger partial charge in [0.05, 0.1) is 6.04 Å². The van der Waals surface area contributed by atoms with Gasteiger partial charge >= 0.3 is 0 Å². The predicted octanol–water partition coefficient (Wildman–Crippen LogP) is 4.04. The molecule has 104 valence electrons. The average Bonchev–Trinajstić information content (AvgIpc) is 2.26. The number of ketones is 1. The summed E-state index contributed by atoms with van der Waals surface area (Å²) in [7, 11) is 1.88. The number of nitrogens with one attached hydrogen (secondary N) is 1. The van der Waals surface area contributed by atoms with E-state index < -0.39 is 0 Å². The van der Waals surface area contributed by atoms with Crippen LogP contribution in [0.25, 0.3) is 0 Å². The van der Waals surface area contributed by atoms with Crippen LogP contribution in [0.5, 0.6) is 0 Å². The zero-order chi connectivity index (χ0) is 14.1. The number of Topliss-reactive ketones (excluding diaryl/α,β-unsaturated/α-hetero) is 1. The van der Waals surface area contributed by atoms with Crippen LogP contribution < -0.4 is 5.32 Å². The van der Waals surface area contributed by atoms with Gasteiger partial charge in [-0.15, -0.1) is 0 Å². The molecule has 2 heteroatoms. The van der Waals surface area contributed by atoms with Gasteiger partial charge in [0.25, 0.3) is 0 Å². The Hall–Kier alpha value is -0.370. The third kappa shape index (κ3) is 9.34. The van der Waals surface area contributed by atoms with Crippen molar-refractivity contribution in [2.24, 2.45) is 11.3 Å². The third-order valence-electron chi connectivity index (χ3n) is 2.80. The Morgan fingerprint density at radius 3 is 1.94 bits per heavy atom. The molecular weight excluding hydrogens is 210 g/mol. The van der Waals surface area contributed by atoms with E-state index in [4.69, 9.17) is 0 Å². The Morgan fingerprint density at radius 1 is 1.18 bits per heavy atom. The van der Waals surface area contributed by atoms with E-state index >= 15 is 0 Å². The van der Waals surface area contributed by atoms with E-state index in [2.05, 4.69) is 33.0 Å². The van der Waals surface area contributed by atoms with Crippen LogP contribution in [0.3, 0.4) is 0 Å². The first-order valence-corrected chi connectivity index (χ1v) is 7.02. The van der Waals surface area contributed by atoms with Gasteiger partial charge in [-0.1, -0.05) is 48.5 Å². The fourth-order valence-electron chi connectivity index (χ4n) is 2.36. The van der Waals surface area contributed by atoms with Crippen LogP contribution in [0, 0.1) is 11.3 Å². The molecule has 0 aliphatic carbocycles. The highest BCUT2D eigenvalue weighted by atomic mass is 16.1. The zero-order valence-electron chi connectivity index (χ0n) is 13.2. The molecule has 0 aromatic heterocycles. The van der Waals surface area contributed by atoms with Crippen molar-refractivity contribution >= 4 is 5.78 Å². The van der Waals surface area contributed by atoms with Gasteiger partial charge < -0.3 is 5.32 Å². The van der Waals surface area contributed by atoms with E-state index in [1.165, 1.54) is 6.42 Å². The van der Waals surface area contributed by atoms with Crippen molar-refractivity contribution in [3.8, 4) is 0 Å². The molecule has 1 unspecified atom stereocenters. The first-order valence-electron chi connectivity index (χ1n) is 7.02.